The lowest BCUT2D eigenvalue weighted by molar-refractivity contribution is -0.134. The third-order valence-corrected chi connectivity index (χ3v) is 5.15. The van der Waals surface area contributed by atoms with Crippen molar-refractivity contribution in [2.45, 2.75) is 32.4 Å². The number of hydrogen-bond donors (Lipinski definition) is 0. The van der Waals surface area contributed by atoms with Gasteiger partial charge in [-0.1, -0.05) is 23.2 Å². The van der Waals surface area contributed by atoms with Gasteiger partial charge >= 0.3 is 0 Å². The lowest BCUT2D eigenvalue weighted by Crippen LogP contribution is -2.36. The van der Waals surface area contributed by atoms with Crippen molar-refractivity contribution < 1.29 is 13.9 Å². The average Bonchev–Trinajstić information content (AvgIpc) is 3.43. The molecule has 0 saturated heterocycles. The molecule has 0 unspecified atom stereocenters. The second-order valence-electron chi connectivity index (χ2n) is 6.96. The molecular formula is C21H19Cl2N3O3. The fourth-order valence-electron chi connectivity index (χ4n) is 2.98. The Morgan fingerprint density at radius 1 is 1.14 bits per heavy atom. The lowest BCUT2D eigenvalue weighted by atomic mass is 10.2. The number of carbonyl (C=O) groups excluding carboxylic acids is 1. The number of ether oxygens (including phenoxy) is 1. The van der Waals surface area contributed by atoms with Crippen molar-refractivity contribution >= 4 is 29.1 Å². The molecule has 8 heteroatoms. The Morgan fingerprint density at radius 3 is 2.55 bits per heavy atom. The Labute approximate surface area is 178 Å². The predicted molar refractivity (Wildman–Crippen MR) is 110 cm³/mol. The smallest absolute Gasteiger partial charge is 0.261 e. The summed E-state index contributed by atoms with van der Waals surface area (Å²) >= 11 is 11.9. The minimum absolute atomic E-state index is 0.0584. The molecule has 3 aromatic rings. The van der Waals surface area contributed by atoms with Gasteiger partial charge in [-0.2, -0.15) is 0 Å². The van der Waals surface area contributed by atoms with Gasteiger partial charge in [0.1, 0.15) is 5.75 Å². The zero-order chi connectivity index (χ0) is 20.4. The van der Waals surface area contributed by atoms with Gasteiger partial charge in [-0.05, 0) is 67.8 Å². The van der Waals surface area contributed by atoms with Crippen molar-refractivity contribution in [3.8, 4) is 17.2 Å². The highest BCUT2D eigenvalue weighted by Gasteiger charge is 2.34. The summed E-state index contributed by atoms with van der Waals surface area (Å²) in [6, 6.07) is 12.6. The van der Waals surface area contributed by atoms with Crippen molar-refractivity contribution in [2.75, 3.05) is 6.61 Å². The molecule has 0 radical (unpaired) electrons. The largest absolute Gasteiger partial charge is 0.483 e. The topological polar surface area (TPSA) is 68.5 Å². The maximum atomic E-state index is 12.8. The van der Waals surface area contributed by atoms with Gasteiger partial charge in [-0.3, -0.25) is 4.79 Å². The first kappa shape index (κ1) is 19.7. The molecule has 1 aromatic heterocycles. The predicted octanol–water partition coefficient (Wildman–Crippen LogP) is 4.92. The summed E-state index contributed by atoms with van der Waals surface area (Å²) < 4.78 is 11.5. The quantitative estimate of drug-likeness (QED) is 0.530. The lowest BCUT2D eigenvalue weighted by Gasteiger charge is -2.21. The number of carbonyl (C=O) groups is 1. The van der Waals surface area contributed by atoms with Crippen LogP contribution in [0.1, 0.15) is 24.3 Å². The van der Waals surface area contributed by atoms with Crippen molar-refractivity contribution in [2.24, 2.45) is 0 Å². The highest BCUT2D eigenvalue weighted by atomic mass is 35.5. The minimum Gasteiger partial charge on any atom is -0.483 e. The van der Waals surface area contributed by atoms with Gasteiger partial charge in [0, 0.05) is 21.7 Å². The van der Waals surface area contributed by atoms with Gasteiger partial charge in [0.15, 0.2) is 6.61 Å². The van der Waals surface area contributed by atoms with Crippen LogP contribution in [0.3, 0.4) is 0 Å². The SMILES string of the molecule is Cc1cc(Cl)ccc1OCC(=O)N(Cc1nnc(-c2ccc(Cl)cc2)o1)C1CC1. The molecule has 0 spiro atoms. The Morgan fingerprint density at radius 2 is 1.86 bits per heavy atom. The second-order valence-corrected chi connectivity index (χ2v) is 7.83. The summed E-state index contributed by atoms with van der Waals surface area (Å²) in [6.45, 7) is 2.09. The van der Waals surface area contributed by atoms with Crippen LogP contribution in [0.2, 0.25) is 10.0 Å². The highest BCUT2D eigenvalue weighted by Crippen LogP contribution is 2.29. The standard InChI is InChI=1S/C21H19Cl2N3O3/c1-13-10-16(23)6-9-18(13)28-12-20(27)26(17-7-8-17)11-19-24-25-21(29-19)14-2-4-15(22)5-3-14/h2-6,9-10,17H,7-8,11-12H2,1H3. The van der Waals surface area contributed by atoms with Gasteiger partial charge in [-0.25, -0.2) is 0 Å². The number of hydrogen-bond acceptors (Lipinski definition) is 5. The van der Waals surface area contributed by atoms with Crippen molar-refractivity contribution in [3.05, 3.63) is 64.0 Å². The molecule has 4 rings (SSSR count). The van der Waals surface area contributed by atoms with Crippen LogP contribution in [0.15, 0.2) is 46.9 Å². The Kier molecular flexibility index (Phi) is 5.74. The van der Waals surface area contributed by atoms with E-state index in [9.17, 15) is 4.79 Å². The summed E-state index contributed by atoms with van der Waals surface area (Å²) in [4.78, 5) is 14.5. The van der Waals surface area contributed by atoms with Gasteiger partial charge in [0.05, 0.1) is 6.54 Å². The van der Waals surface area contributed by atoms with E-state index in [-0.39, 0.29) is 25.1 Å². The summed E-state index contributed by atoms with van der Waals surface area (Å²) in [5.41, 5.74) is 1.66. The maximum Gasteiger partial charge on any atom is 0.261 e. The summed E-state index contributed by atoms with van der Waals surface area (Å²) in [6.07, 6.45) is 1.92. The first-order valence-electron chi connectivity index (χ1n) is 9.26. The van der Waals surface area contributed by atoms with E-state index in [4.69, 9.17) is 32.4 Å². The van der Waals surface area contributed by atoms with Crippen LogP contribution in [0.5, 0.6) is 5.75 Å². The van der Waals surface area contributed by atoms with Crippen LogP contribution in [0, 0.1) is 6.92 Å². The van der Waals surface area contributed by atoms with Gasteiger partial charge < -0.3 is 14.1 Å². The number of rotatable bonds is 7. The zero-order valence-electron chi connectivity index (χ0n) is 15.8. The molecule has 0 N–H and O–H groups in total. The van der Waals surface area contributed by atoms with Crippen molar-refractivity contribution in [1.29, 1.82) is 0 Å². The van der Waals surface area contributed by atoms with E-state index >= 15 is 0 Å². The molecule has 0 atom stereocenters. The summed E-state index contributed by atoms with van der Waals surface area (Å²) in [5, 5.41) is 9.44. The number of amides is 1. The normalized spacial score (nSPS) is 13.3. The Balaban J connectivity index is 1.41. The number of aryl methyl sites for hydroxylation is 1. The van der Waals surface area contributed by atoms with Crippen LogP contribution in [-0.4, -0.2) is 33.7 Å². The first-order chi connectivity index (χ1) is 14.0. The highest BCUT2D eigenvalue weighted by molar-refractivity contribution is 6.30. The number of benzene rings is 2. The van der Waals surface area contributed by atoms with E-state index < -0.39 is 0 Å². The Bertz CT molecular complexity index is 1020. The molecule has 1 heterocycles. The van der Waals surface area contributed by atoms with Crippen molar-refractivity contribution in [1.82, 2.24) is 15.1 Å². The molecule has 2 aromatic carbocycles. The molecule has 1 saturated carbocycles. The van der Waals surface area contributed by atoms with Gasteiger partial charge in [-0.15, -0.1) is 10.2 Å². The fourth-order valence-corrected chi connectivity index (χ4v) is 3.33. The molecule has 29 heavy (non-hydrogen) atoms. The van der Waals surface area contributed by atoms with E-state index in [1.807, 2.05) is 19.1 Å². The number of nitrogens with zero attached hydrogens (tertiary/aromatic N) is 3. The number of aromatic nitrogens is 2. The molecule has 6 nitrogen and oxygen atoms in total. The fraction of sp³-hybridized carbons (Fsp3) is 0.286. The molecule has 1 fully saturated rings. The van der Waals surface area contributed by atoms with E-state index in [0.29, 0.717) is 27.6 Å². The zero-order valence-corrected chi connectivity index (χ0v) is 17.3. The molecule has 1 amide bonds. The van der Waals surface area contributed by atoms with Crippen LogP contribution in [-0.2, 0) is 11.3 Å². The summed E-state index contributed by atoms with van der Waals surface area (Å²) in [5.74, 6) is 1.31. The molecule has 1 aliphatic rings. The van der Waals surface area contributed by atoms with Crippen molar-refractivity contribution in [3.63, 3.8) is 0 Å². The number of halogens is 2. The molecule has 1 aliphatic carbocycles. The summed E-state index contributed by atoms with van der Waals surface area (Å²) in [7, 11) is 0. The molecule has 0 bridgehead atoms. The molecule has 150 valence electrons. The first-order valence-corrected chi connectivity index (χ1v) is 10.0. The molecule has 0 aliphatic heterocycles. The van der Waals surface area contributed by atoms with Crippen LogP contribution >= 0.6 is 23.2 Å². The van der Waals surface area contributed by atoms with E-state index in [2.05, 4.69) is 10.2 Å². The molecular weight excluding hydrogens is 413 g/mol. The van der Waals surface area contributed by atoms with E-state index in [0.717, 1.165) is 24.0 Å². The third-order valence-electron chi connectivity index (χ3n) is 4.66. The van der Waals surface area contributed by atoms with Gasteiger partial charge in [0.2, 0.25) is 11.8 Å². The van der Waals surface area contributed by atoms with Crippen LogP contribution in [0.4, 0.5) is 0 Å². The third kappa shape index (κ3) is 4.89. The van der Waals surface area contributed by atoms with Crippen LogP contribution in [0.25, 0.3) is 11.5 Å². The Hall–Kier alpha value is -2.57. The monoisotopic (exact) mass is 431 g/mol. The van der Waals surface area contributed by atoms with Crippen LogP contribution < -0.4 is 4.74 Å². The van der Waals surface area contributed by atoms with E-state index in [1.165, 1.54) is 0 Å². The minimum atomic E-state index is -0.118. The second kappa shape index (κ2) is 8.43. The van der Waals surface area contributed by atoms with E-state index in [1.54, 1.807) is 35.2 Å². The maximum absolute atomic E-state index is 12.8. The van der Waals surface area contributed by atoms with Gasteiger partial charge in [0.25, 0.3) is 5.91 Å². The average molecular weight is 432 g/mol.